The van der Waals surface area contributed by atoms with Gasteiger partial charge >= 0.3 is 6.03 Å². The van der Waals surface area contributed by atoms with E-state index in [0.717, 1.165) is 42.3 Å². The Labute approximate surface area is 154 Å². The molecule has 0 saturated carbocycles. The fourth-order valence-corrected chi connectivity index (χ4v) is 3.33. The van der Waals surface area contributed by atoms with Crippen molar-refractivity contribution in [2.75, 3.05) is 25.0 Å². The van der Waals surface area contributed by atoms with Crippen LogP contribution in [0.1, 0.15) is 37.0 Å². The zero-order valence-electron chi connectivity index (χ0n) is 15.7. The van der Waals surface area contributed by atoms with Crippen molar-refractivity contribution in [2.45, 2.75) is 46.3 Å². The number of amides is 2. The molecule has 0 aliphatic carbocycles. The summed E-state index contributed by atoms with van der Waals surface area (Å²) in [4.78, 5) is 18.7. The van der Waals surface area contributed by atoms with Gasteiger partial charge in [-0.1, -0.05) is 12.1 Å². The molecule has 1 saturated heterocycles. The molecule has 1 aliphatic rings. The van der Waals surface area contributed by atoms with Crippen LogP contribution in [-0.4, -0.2) is 51.5 Å². The number of carbonyl (C=O) groups excluding carboxylic acids is 1. The van der Waals surface area contributed by atoms with E-state index in [2.05, 4.69) is 15.4 Å². The number of benzene rings is 1. The summed E-state index contributed by atoms with van der Waals surface area (Å²) in [5.74, 6) is 1.65. The van der Waals surface area contributed by atoms with Gasteiger partial charge in [-0.2, -0.15) is 5.10 Å². The minimum atomic E-state index is -0.0701. The van der Waals surface area contributed by atoms with Crippen molar-refractivity contribution in [3.8, 4) is 0 Å². The van der Waals surface area contributed by atoms with Crippen molar-refractivity contribution < 1.29 is 9.53 Å². The number of aryl methyl sites for hydroxylation is 2. The number of nitrogens with zero attached hydrogens (tertiary/aromatic N) is 4. The maximum Gasteiger partial charge on any atom is 0.321 e. The van der Waals surface area contributed by atoms with E-state index in [4.69, 9.17) is 4.74 Å². The molecule has 1 atom stereocenters. The minimum Gasteiger partial charge on any atom is -0.377 e. The summed E-state index contributed by atoms with van der Waals surface area (Å²) >= 11 is 0. The van der Waals surface area contributed by atoms with E-state index in [1.807, 2.05) is 54.6 Å². The lowest BCUT2D eigenvalue weighted by molar-refractivity contribution is 0.0181. The van der Waals surface area contributed by atoms with Gasteiger partial charge in [0.25, 0.3) is 0 Å². The molecule has 7 nitrogen and oxygen atoms in total. The molecule has 0 bridgehead atoms. The maximum atomic E-state index is 12.6. The molecule has 140 valence electrons. The van der Waals surface area contributed by atoms with Crippen molar-refractivity contribution >= 4 is 11.7 Å². The van der Waals surface area contributed by atoms with Gasteiger partial charge in [0.1, 0.15) is 11.6 Å². The Balaban J connectivity index is 1.63. The molecule has 26 heavy (non-hydrogen) atoms. The van der Waals surface area contributed by atoms with Crippen molar-refractivity contribution in [3.63, 3.8) is 0 Å². The molecule has 1 N–H and O–H groups in total. The van der Waals surface area contributed by atoms with E-state index in [1.54, 1.807) is 0 Å². The number of piperidine rings is 1. The SMILES string of the molecule is CCO[C@@H]1CCCN(C(=O)Nc2cccc(Cn3nc(C)nc3C)c2)C1. The number of hydrogen-bond donors (Lipinski definition) is 1. The number of nitrogens with one attached hydrogen (secondary N) is 1. The Morgan fingerprint density at radius 2 is 2.23 bits per heavy atom. The van der Waals surface area contributed by atoms with E-state index >= 15 is 0 Å². The normalized spacial score (nSPS) is 17.3. The number of rotatable bonds is 5. The van der Waals surface area contributed by atoms with Gasteiger partial charge in [-0.3, -0.25) is 0 Å². The summed E-state index contributed by atoms with van der Waals surface area (Å²) < 4.78 is 7.54. The van der Waals surface area contributed by atoms with Crippen LogP contribution in [0.3, 0.4) is 0 Å². The first kappa shape index (κ1) is 18.4. The van der Waals surface area contributed by atoms with Crippen LogP contribution in [0.15, 0.2) is 24.3 Å². The summed E-state index contributed by atoms with van der Waals surface area (Å²) in [6, 6.07) is 7.80. The molecule has 2 heterocycles. The summed E-state index contributed by atoms with van der Waals surface area (Å²) in [7, 11) is 0. The maximum absolute atomic E-state index is 12.6. The van der Waals surface area contributed by atoms with Crippen LogP contribution in [0.5, 0.6) is 0 Å². The number of hydrogen-bond acceptors (Lipinski definition) is 4. The third-order valence-electron chi connectivity index (χ3n) is 4.54. The lowest BCUT2D eigenvalue weighted by Crippen LogP contribution is -2.45. The van der Waals surface area contributed by atoms with Crippen LogP contribution in [0.2, 0.25) is 0 Å². The molecule has 3 rings (SSSR count). The van der Waals surface area contributed by atoms with Crippen LogP contribution < -0.4 is 5.32 Å². The second kappa shape index (κ2) is 8.31. The van der Waals surface area contributed by atoms with Gasteiger partial charge in [0.15, 0.2) is 0 Å². The molecular weight excluding hydrogens is 330 g/mol. The number of urea groups is 1. The highest BCUT2D eigenvalue weighted by Gasteiger charge is 2.23. The van der Waals surface area contributed by atoms with E-state index in [-0.39, 0.29) is 12.1 Å². The zero-order chi connectivity index (χ0) is 18.5. The highest BCUT2D eigenvalue weighted by molar-refractivity contribution is 5.89. The van der Waals surface area contributed by atoms with E-state index in [1.165, 1.54) is 0 Å². The largest absolute Gasteiger partial charge is 0.377 e. The zero-order valence-corrected chi connectivity index (χ0v) is 15.7. The third-order valence-corrected chi connectivity index (χ3v) is 4.54. The molecule has 0 unspecified atom stereocenters. The molecule has 1 fully saturated rings. The smallest absolute Gasteiger partial charge is 0.321 e. The predicted octanol–water partition coefficient (Wildman–Crippen LogP) is 2.98. The van der Waals surface area contributed by atoms with Crippen LogP contribution in [0.25, 0.3) is 0 Å². The lowest BCUT2D eigenvalue weighted by Gasteiger charge is -2.32. The fraction of sp³-hybridized carbons (Fsp3) is 0.526. The van der Waals surface area contributed by atoms with E-state index in [0.29, 0.717) is 19.7 Å². The number of likely N-dealkylation sites (tertiary alicyclic amines) is 1. The second-order valence-electron chi connectivity index (χ2n) is 6.66. The Morgan fingerprint density at radius 1 is 1.38 bits per heavy atom. The molecule has 2 amide bonds. The monoisotopic (exact) mass is 357 g/mol. The molecule has 0 radical (unpaired) electrons. The molecule has 2 aromatic rings. The number of aromatic nitrogens is 3. The standard InChI is InChI=1S/C19H27N5O2/c1-4-26-18-9-6-10-23(13-18)19(25)21-17-8-5-7-16(11-17)12-24-15(3)20-14(2)22-24/h5,7-8,11,18H,4,6,9-10,12-13H2,1-3H3,(H,21,25)/t18-/m1/s1. The minimum absolute atomic E-state index is 0.0701. The molecule has 1 aromatic heterocycles. The Hall–Kier alpha value is -2.41. The number of anilines is 1. The summed E-state index contributed by atoms with van der Waals surface area (Å²) in [5, 5.41) is 7.40. The van der Waals surface area contributed by atoms with Gasteiger partial charge in [-0.25, -0.2) is 14.5 Å². The highest BCUT2D eigenvalue weighted by atomic mass is 16.5. The Kier molecular flexibility index (Phi) is 5.88. The van der Waals surface area contributed by atoms with Gasteiger partial charge in [-0.05, 0) is 51.3 Å². The first-order valence-electron chi connectivity index (χ1n) is 9.19. The molecule has 1 aliphatic heterocycles. The predicted molar refractivity (Wildman–Crippen MR) is 100 cm³/mol. The Morgan fingerprint density at radius 3 is 2.96 bits per heavy atom. The average molecular weight is 357 g/mol. The van der Waals surface area contributed by atoms with Gasteiger partial charge < -0.3 is 15.0 Å². The first-order chi connectivity index (χ1) is 12.5. The van der Waals surface area contributed by atoms with Crippen molar-refractivity contribution in [1.82, 2.24) is 19.7 Å². The fourth-order valence-electron chi connectivity index (χ4n) is 3.33. The second-order valence-corrected chi connectivity index (χ2v) is 6.66. The molecular formula is C19H27N5O2. The van der Waals surface area contributed by atoms with Crippen molar-refractivity contribution in [2.24, 2.45) is 0 Å². The molecule has 1 aromatic carbocycles. The highest BCUT2D eigenvalue weighted by Crippen LogP contribution is 2.17. The van der Waals surface area contributed by atoms with E-state index < -0.39 is 0 Å². The van der Waals surface area contributed by atoms with Crippen molar-refractivity contribution in [1.29, 1.82) is 0 Å². The first-order valence-corrected chi connectivity index (χ1v) is 9.19. The summed E-state index contributed by atoms with van der Waals surface area (Å²) in [5.41, 5.74) is 1.86. The molecule has 0 spiro atoms. The topological polar surface area (TPSA) is 72.3 Å². The van der Waals surface area contributed by atoms with E-state index in [9.17, 15) is 4.79 Å². The third kappa shape index (κ3) is 4.60. The number of carbonyl (C=O) groups is 1. The van der Waals surface area contributed by atoms with Gasteiger partial charge in [0.05, 0.1) is 12.6 Å². The summed E-state index contributed by atoms with van der Waals surface area (Å²) in [6.45, 7) is 8.55. The van der Waals surface area contributed by atoms with Gasteiger partial charge in [-0.15, -0.1) is 0 Å². The van der Waals surface area contributed by atoms with Crippen LogP contribution in [-0.2, 0) is 11.3 Å². The van der Waals surface area contributed by atoms with Gasteiger partial charge in [0.2, 0.25) is 0 Å². The van der Waals surface area contributed by atoms with Crippen LogP contribution in [0.4, 0.5) is 10.5 Å². The van der Waals surface area contributed by atoms with Gasteiger partial charge in [0, 0.05) is 25.4 Å². The Bertz CT molecular complexity index is 756. The summed E-state index contributed by atoms with van der Waals surface area (Å²) in [6.07, 6.45) is 2.14. The van der Waals surface area contributed by atoms with Crippen molar-refractivity contribution in [3.05, 3.63) is 41.5 Å². The molecule has 7 heteroatoms. The van der Waals surface area contributed by atoms with Crippen LogP contribution >= 0.6 is 0 Å². The quantitative estimate of drug-likeness (QED) is 0.893. The number of ether oxygens (including phenoxy) is 1. The lowest BCUT2D eigenvalue weighted by atomic mass is 10.1. The van der Waals surface area contributed by atoms with Crippen LogP contribution in [0, 0.1) is 13.8 Å². The average Bonchev–Trinajstić information content (AvgIpc) is 2.93.